The van der Waals surface area contributed by atoms with Gasteiger partial charge in [-0.1, -0.05) is 25.2 Å². The van der Waals surface area contributed by atoms with E-state index in [-0.39, 0.29) is 0 Å². The Morgan fingerprint density at radius 3 is 2.92 bits per heavy atom. The molecule has 0 bridgehead atoms. The van der Waals surface area contributed by atoms with Crippen LogP contribution in [0.1, 0.15) is 13.3 Å². The Kier molecular flexibility index (Phi) is 8.73. The largest absolute Gasteiger partial charge is 0.312 e. The maximum atomic E-state index is 3.92. The molecule has 0 rings (SSSR count). The minimum Gasteiger partial charge on any atom is -0.312 e. The Bertz CT molecular complexity index is 132. The van der Waals surface area contributed by atoms with Crippen LogP contribution in [0.25, 0.3) is 0 Å². The first-order chi connectivity index (χ1) is 5.81. The fourth-order valence-electron chi connectivity index (χ4n) is 0.701. The van der Waals surface area contributed by atoms with Crippen LogP contribution in [-0.2, 0) is 0 Å². The SMILES string of the molecule is C=CCSCCNCC(=C)CC. The maximum Gasteiger partial charge on any atom is 0.0162 e. The van der Waals surface area contributed by atoms with Gasteiger partial charge in [-0.15, -0.1) is 6.58 Å². The van der Waals surface area contributed by atoms with Crippen molar-refractivity contribution in [3.63, 3.8) is 0 Å². The molecule has 0 aliphatic carbocycles. The summed E-state index contributed by atoms with van der Waals surface area (Å²) in [5.41, 5.74) is 1.28. The van der Waals surface area contributed by atoms with Gasteiger partial charge < -0.3 is 5.32 Å². The van der Waals surface area contributed by atoms with E-state index in [1.54, 1.807) is 0 Å². The lowest BCUT2D eigenvalue weighted by Gasteiger charge is -2.04. The van der Waals surface area contributed by atoms with Crippen LogP contribution in [0.2, 0.25) is 0 Å². The molecule has 0 spiro atoms. The lowest BCUT2D eigenvalue weighted by molar-refractivity contribution is 0.766. The molecule has 0 amide bonds. The maximum absolute atomic E-state index is 3.92. The summed E-state index contributed by atoms with van der Waals surface area (Å²) in [6, 6.07) is 0. The highest BCUT2D eigenvalue weighted by Crippen LogP contribution is 1.98. The van der Waals surface area contributed by atoms with Crippen molar-refractivity contribution in [3.8, 4) is 0 Å². The van der Waals surface area contributed by atoms with Crippen LogP contribution in [0, 0.1) is 0 Å². The molecule has 1 nitrogen and oxygen atoms in total. The molecule has 0 radical (unpaired) electrons. The summed E-state index contributed by atoms with van der Waals surface area (Å²) < 4.78 is 0. The molecule has 0 aromatic carbocycles. The monoisotopic (exact) mass is 185 g/mol. The molecule has 0 atom stereocenters. The normalized spacial score (nSPS) is 9.75. The van der Waals surface area contributed by atoms with Crippen LogP contribution >= 0.6 is 11.8 Å². The van der Waals surface area contributed by atoms with Crippen LogP contribution < -0.4 is 5.32 Å². The van der Waals surface area contributed by atoms with Gasteiger partial charge in [0.15, 0.2) is 0 Å². The zero-order chi connectivity index (χ0) is 9.23. The smallest absolute Gasteiger partial charge is 0.0162 e. The van der Waals surface area contributed by atoms with E-state index < -0.39 is 0 Å². The molecule has 1 N–H and O–H groups in total. The lowest BCUT2D eigenvalue weighted by Crippen LogP contribution is -2.19. The Balaban J connectivity index is 3.00. The summed E-state index contributed by atoms with van der Waals surface area (Å²) >= 11 is 1.90. The van der Waals surface area contributed by atoms with E-state index in [2.05, 4.69) is 25.4 Å². The lowest BCUT2D eigenvalue weighted by atomic mass is 10.2. The highest BCUT2D eigenvalue weighted by Gasteiger charge is 1.89. The molecule has 0 aliphatic rings. The van der Waals surface area contributed by atoms with Gasteiger partial charge in [-0.2, -0.15) is 11.8 Å². The minimum absolute atomic E-state index is 0.963. The predicted molar refractivity (Wildman–Crippen MR) is 59.8 cm³/mol. The Morgan fingerprint density at radius 2 is 2.33 bits per heavy atom. The number of hydrogen-bond acceptors (Lipinski definition) is 2. The van der Waals surface area contributed by atoms with Crippen LogP contribution in [0.5, 0.6) is 0 Å². The summed E-state index contributed by atoms with van der Waals surface area (Å²) in [6.07, 6.45) is 3.02. The molecule has 0 unspecified atom stereocenters. The number of hydrogen-bond donors (Lipinski definition) is 1. The van der Waals surface area contributed by atoms with Crippen molar-refractivity contribution in [1.82, 2.24) is 5.32 Å². The Labute approximate surface area is 80.3 Å². The van der Waals surface area contributed by atoms with Crippen molar-refractivity contribution in [2.75, 3.05) is 24.6 Å². The van der Waals surface area contributed by atoms with E-state index in [1.807, 2.05) is 17.8 Å². The first-order valence-electron chi connectivity index (χ1n) is 4.37. The molecule has 0 saturated heterocycles. The quantitative estimate of drug-likeness (QED) is 0.460. The fourth-order valence-corrected chi connectivity index (χ4v) is 1.32. The Hall–Kier alpha value is -0.210. The van der Waals surface area contributed by atoms with Crippen molar-refractivity contribution in [1.29, 1.82) is 0 Å². The number of thioether (sulfide) groups is 1. The average molecular weight is 185 g/mol. The zero-order valence-corrected chi connectivity index (χ0v) is 8.75. The van der Waals surface area contributed by atoms with Crippen molar-refractivity contribution in [2.45, 2.75) is 13.3 Å². The third-order valence-electron chi connectivity index (χ3n) is 1.53. The van der Waals surface area contributed by atoms with Crippen molar-refractivity contribution in [2.24, 2.45) is 0 Å². The molecule has 0 aliphatic heterocycles. The average Bonchev–Trinajstić information content (AvgIpc) is 2.10. The summed E-state index contributed by atoms with van der Waals surface area (Å²) in [7, 11) is 0. The molecule has 0 fully saturated rings. The molecule has 0 heterocycles. The van der Waals surface area contributed by atoms with E-state index in [9.17, 15) is 0 Å². The first-order valence-corrected chi connectivity index (χ1v) is 5.52. The van der Waals surface area contributed by atoms with Crippen molar-refractivity contribution >= 4 is 11.8 Å². The standard InChI is InChI=1S/C10H19NS/c1-4-7-12-8-6-11-9-10(3)5-2/h4,11H,1,3,5-9H2,2H3. The third kappa shape index (κ3) is 7.89. The van der Waals surface area contributed by atoms with Crippen molar-refractivity contribution < 1.29 is 0 Å². The molecule has 70 valence electrons. The van der Waals surface area contributed by atoms with Gasteiger partial charge in [0, 0.05) is 24.6 Å². The summed E-state index contributed by atoms with van der Waals surface area (Å²) in [6.45, 7) is 11.8. The molecular weight excluding hydrogens is 166 g/mol. The second-order valence-corrected chi connectivity index (χ2v) is 3.79. The number of nitrogens with one attached hydrogen (secondary N) is 1. The van der Waals surface area contributed by atoms with Crippen molar-refractivity contribution in [3.05, 3.63) is 24.8 Å². The van der Waals surface area contributed by atoms with Gasteiger partial charge in [-0.3, -0.25) is 0 Å². The molecule has 0 aromatic heterocycles. The van der Waals surface area contributed by atoms with Gasteiger partial charge in [-0.05, 0) is 6.42 Å². The topological polar surface area (TPSA) is 12.0 Å². The highest BCUT2D eigenvalue weighted by atomic mass is 32.2. The van der Waals surface area contributed by atoms with E-state index in [0.29, 0.717) is 0 Å². The van der Waals surface area contributed by atoms with Gasteiger partial charge in [0.25, 0.3) is 0 Å². The van der Waals surface area contributed by atoms with Crippen LogP contribution in [-0.4, -0.2) is 24.6 Å². The summed E-state index contributed by atoms with van der Waals surface area (Å²) in [5.74, 6) is 2.21. The molecule has 0 saturated carbocycles. The second kappa shape index (κ2) is 8.88. The number of rotatable bonds is 8. The Morgan fingerprint density at radius 1 is 1.58 bits per heavy atom. The minimum atomic E-state index is 0.963. The van der Waals surface area contributed by atoms with Gasteiger partial charge in [-0.25, -0.2) is 0 Å². The van der Waals surface area contributed by atoms with E-state index >= 15 is 0 Å². The first kappa shape index (κ1) is 11.8. The van der Waals surface area contributed by atoms with Gasteiger partial charge in [0.05, 0.1) is 0 Å². The van der Waals surface area contributed by atoms with Gasteiger partial charge in [0.1, 0.15) is 0 Å². The molecule has 2 heteroatoms. The summed E-state index contributed by atoms with van der Waals surface area (Å²) in [5, 5.41) is 3.34. The second-order valence-electron chi connectivity index (χ2n) is 2.64. The van der Waals surface area contributed by atoms with Gasteiger partial charge in [0.2, 0.25) is 0 Å². The van der Waals surface area contributed by atoms with E-state index in [0.717, 1.165) is 31.0 Å². The van der Waals surface area contributed by atoms with Crippen LogP contribution in [0.4, 0.5) is 0 Å². The zero-order valence-electron chi connectivity index (χ0n) is 7.94. The molecule has 12 heavy (non-hydrogen) atoms. The molecule has 0 aromatic rings. The van der Waals surface area contributed by atoms with Crippen LogP contribution in [0.15, 0.2) is 24.8 Å². The third-order valence-corrected chi connectivity index (χ3v) is 2.50. The van der Waals surface area contributed by atoms with Crippen LogP contribution in [0.3, 0.4) is 0 Å². The highest BCUT2D eigenvalue weighted by molar-refractivity contribution is 7.99. The molecular formula is C10H19NS. The predicted octanol–water partition coefficient (Wildman–Crippen LogP) is 2.46. The van der Waals surface area contributed by atoms with E-state index in [4.69, 9.17) is 0 Å². The van der Waals surface area contributed by atoms with E-state index in [1.165, 1.54) is 5.57 Å². The fraction of sp³-hybridized carbons (Fsp3) is 0.600. The summed E-state index contributed by atoms with van der Waals surface area (Å²) in [4.78, 5) is 0. The van der Waals surface area contributed by atoms with Gasteiger partial charge >= 0.3 is 0 Å².